The lowest BCUT2D eigenvalue weighted by Gasteiger charge is -2.64. The summed E-state index contributed by atoms with van der Waals surface area (Å²) in [4.78, 5) is 27.0. The number of nitrogens with two attached hydrogens (primary N) is 1. The van der Waals surface area contributed by atoms with Crippen LogP contribution in [0.3, 0.4) is 0 Å². The van der Waals surface area contributed by atoms with Crippen molar-refractivity contribution in [3.05, 3.63) is 0 Å². The van der Waals surface area contributed by atoms with Crippen molar-refractivity contribution < 1.29 is 24.5 Å². The molecule has 0 saturated heterocycles. The van der Waals surface area contributed by atoms with Gasteiger partial charge in [0.05, 0.1) is 18.4 Å². The van der Waals surface area contributed by atoms with Gasteiger partial charge in [-0.05, 0) is 112 Å². The third-order valence-corrected chi connectivity index (χ3v) is 11.5. The Bertz CT molecular complexity index is 831. The zero-order chi connectivity index (χ0) is 27.0. The van der Waals surface area contributed by atoms with E-state index < -0.39 is 17.6 Å². The molecule has 0 aromatic carbocycles. The highest BCUT2D eigenvalue weighted by Crippen LogP contribution is 2.68. The summed E-state index contributed by atoms with van der Waals surface area (Å²) in [5.74, 6) is 0.107. The van der Waals surface area contributed by atoms with Crippen LogP contribution in [-0.2, 0) is 14.3 Å². The number of carboxylic acid groups (broad SMARTS) is 1. The van der Waals surface area contributed by atoms with Gasteiger partial charge in [-0.2, -0.15) is 0 Å². The topological polar surface area (TPSA) is 113 Å². The zero-order valence-corrected chi connectivity index (χ0v) is 23.7. The molecular formula is C30H52N2O5. The average molecular weight is 521 g/mol. The minimum atomic E-state index is -0.687. The van der Waals surface area contributed by atoms with Crippen LogP contribution in [0.4, 0.5) is 0 Å². The molecule has 0 aromatic rings. The van der Waals surface area contributed by atoms with E-state index >= 15 is 0 Å². The Kier molecular flexibility index (Phi) is 8.67. The predicted octanol–water partition coefficient (Wildman–Crippen LogP) is 4.60. The van der Waals surface area contributed by atoms with E-state index in [1.54, 1.807) is 0 Å². The van der Waals surface area contributed by atoms with E-state index in [0.29, 0.717) is 30.7 Å². The Morgan fingerprint density at radius 2 is 1.70 bits per heavy atom. The van der Waals surface area contributed by atoms with E-state index in [4.69, 9.17) is 10.5 Å². The van der Waals surface area contributed by atoms with Gasteiger partial charge >= 0.3 is 11.9 Å². The Morgan fingerprint density at radius 3 is 2.35 bits per heavy atom. The normalized spacial score (nSPS) is 42.0. The lowest BCUT2D eigenvalue weighted by atomic mass is 9.42. The van der Waals surface area contributed by atoms with Crippen LogP contribution in [0.5, 0.6) is 0 Å². The van der Waals surface area contributed by atoms with Crippen molar-refractivity contribution in [2.45, 2.75) is 122 Å². The molecule has 4 N–H and O–H groups in total. The summed E-state index contributed by atoms with van der Waals surface area (Å²) in [6.07, 6.45) is 9.75. The molecule has 37 heavy (non-hydrogen) atoms. The lowest BCUT2D eigenvalue weighted by molar-refractivity contribution is -0.169. The Morgan fingerprint density at radius 1 is 1.00 bits per heavy atom. The van der Waals surface area contributed by atoms with Crippen LogP contribution in [0, 0.1) is 34.5 Å². The Balaban J connectivity index is 1.35. The summed E-state index contributed by atoms with van der Waals surface area (Å²) < 4.78 is 5.93. The molecule has 9 atom stereocenters. The molecule has 7 heteroatoms. The number of aliphatic hydroxyl groups excluding tert-OH is 1. The summed E-state index contributed by atoms with van der Waals surface area (Å²) in [5.41, 5.74) is 6.67. The smallest absolute Gasteiger partial charge is 0.308 e. The third kappa shape index (κ3) is 5.21. The van der Waals surface area contributed by atoms with Crippen LogP contribution >= 0.6 is 0 Å². The number of rotatable bonds is 10. The number of esters is 1. The highest BCUT2D eigenvalue weighted by molar-refractivity contribution is 5.72. The fourth-order valence-corrected chi connectivity index (χ4v) is 9.51. The molecule has 4 fully saturated rings. The molecule has 4 aliphatic rings. The molecule has 4 aliphatic carbocycles. The van der Waals surface area contributed by atoms with Crippen molar-refractivity contribution in [1.82, 2.24) is 4.90 Å². The largest absolute Gasteiger partial charge is 0.481 e. The first-order valence-electron chi connectivity index (χ1n) is 15.1. The zero-order valence-electron chi connectivity index (χ0n) is 23.7. The number of hydrogen-bond donors (Lipinski definition) is 3. The van der Waals surface area contributed by atoms with E-state index in [-0.39, 0.29) is 35.2 Å². The van der Waals surface area contributed by atoms with Crippen LogP contribution in [0.25, 0.3) is 0 Å². The van der Waals surface area contributed by atoms with E-state index in [2.05, 4.69) is 32.6 Å². The molecule has 4 saturated carbocycles. The molecule has 4 rings (SSSR count). The van der Waals surface area contributed by atoms with Crippen molar-refractivity contribution in [2.24, 2.45) is 40.2 Å². The van der Waals surface area contributed by atoms with Crippen LogP contribution in [0.2, 0.25) is 0 Å². The van der Waals surface area contributed by atoms with E-state index in [9.17, 15) is 19.8 Å². The van der Waals surface area contributed by atoms with Crippen LogP contribution in [-0.4, -0.2) is 64.4 Å². The number of carbonyl (C=O) groups is 2. The predicted molar refractivity (Wildman–Crippen MR) is 144 cm³/mol. The van der Waals surface area contributed by atoms with Gasteiger partial charge in [-0.15, -0.1) is 0 Å². The van der Waals surface area contributed by atoms with Crippen molar-refractivity contribution >= 4 is 11.9 Å². The number of carboxylic acids is 1. The van der Waals surface area contributed by atoms with Crippen molar-refractivity contribution in [3.8, 4) is 0 Å². The van der Waals surface area contributed by atoms with Crippen LogP contribution < -0.4 is 5.73 Å². The van der Waals surface area contributed by atoms with Gasteiger partial charge in [0, 0.05) is 12.1 Å². The minimum Gasteiger partial charge on any atom is -0.481 e. The minimum absolute atomic E-state index is 0.0616. The first-order valence-corrected chi connectivity index (χ1v) is 15.1. The fourth-order valence-electron chi connectivity index (χ4n) is 9.51. The molecule has 0 amide bonds. The number of nitrogens with zero attached hydrogens (tertiary/aromatic N) is 1. The first-order chi connectivity index (χ1) is 17.5. The quantitative estimate of drug-likeness (QED) is 0.361. The second-order valence-electron chi connectivity index (χ2n) is 13.5. The molecule has 0 spiro atoms. The van der Waals surface area contributed by atoms with Gasteiger partial charge in [0.25, 0.3) is 0 Å². The number of ether oxygens (including phenoxy) is 1. The third-order valence-electron chi connectivity index (χ3n) is 11.5. The highest BCUT2D eigenvalue weighted by Gasteiger charge is 2.67. The number of hydrogen-bond acceptors (Lipinski definition) is 6. The Hall–Kier alpha value is -1.18. The van der Waals surface area contributed by atoms with Crippen molar-refractivity contribution in [1.29, 1.82) is 0 Å². The summed E-state index contributed by atoms with van der Waals surface area (Å²) in [5, 5.41) is 20.4. The molecule has 7 nitrogen and oxygen atoms in total. The van der Waals surface area contributed by atoms with E-state index in [1.807, 2.05) is 0 Å². The average Bonchev–Trinajstić information content (AvgIpc) is 3.11. The number of carbonyl (C=O) groups excluding carboxylic acids is 1. The van der Waals surface area contributed by atoms with Gasteiger partial charge in [-0.1, -0.05) is 27.7 Å². The SMILES string of the molecule is CCCN(CCC)CC(O)CC(=O)OC1CC[C@@]2(C)C(CC[C@@H]3[C@H]2CC[C@]2(C)C(C(=O)O)CC[C@@]32N)C1. The van der Waals surface area contributed by atoms with Gasteiger partial charge in [-0.25, -0.2) is 0 Å². The lowest BCUT2D eigenvalue weighted by Crippen LogP contribution is -2.66. The fraction of sp³-hybridized carbons (Fsp3) is 0.933. The summed E-state index contributed by atoms with van der Waals surface area (Å²) in [6.45, 7) is 11.2. The summed E-state index contributed by atoms with van der Waals surface area (Å²) >= 11 is 0. The maximum absolute atomic E-state index is 12.7. The molecule has 4 unspecified atom stereocenters. The maximum Gasteiger partial charge on any atom is 0.308 e. The molecule has 0 bridgehead atoms. The molecule has 0 heterocycles. The monoisotopic (exact) mass is 520 g/mol. The molecular weight excluding hydrogens is 468 g/mol. The van der Waals surface area contributed by atoms with Crippen LogP contribution in [0.15, 0.2) is 0 Å². The molecule has 0 radical (unpaired) electrons. The van der Waals surface area contributed by atoms with Gasteiger partial charge < -0.3 is 25.6 Å². The summed E-state index contributed by atoms with van der Waals surface area (Å²) in [6, 6.07) is 0. The second-order valence-corrected chi connectivity index (χ2v) is 13.5. The Labute approximate surface area is 223 Å². The van der Waals surface area contributed by atoms with E-state index in [0.717, 1.165) is 77.3 Å². The van der Waals surface area contributed by atoms with Crippen molar-refractivity contribution in [3.63, 3.8) is 0 Å². The second kappa shape index (κ2) is 11.1. The highest BCUT2D eigenvalue weighted by atomic mass is 16.5. The standard InChI is InChI=1S/C30H52N2O5/c1-5-15-32(16-6-2)19-21(33)18-26(34)37-22-9-12-28(3)20(17-22)7-8-24-23(28)10-13-29(4)25(27(35)36)11-14-30(24,29)31/h20-25,33H,5-19,31H2,1-4H3,(H,35,36)/t20?,21?,22?,23-,24-,25?,28+,29-,30-/m1/s1. The number of aliphatic hydroxyl groups is 1. The summed E-state index contributed by atoms with van der Waals surface area (Å²) in [7, 11) is 0. The molecule has 0 aliphatic heterocycles. The van der Waals surface area contributed by atoms with Crippen LogP contribution in [0.1, 0.15) is 105 Å². The number of fused-ring (bicyclic) bond motifs is 5. The first kappa shape index (κ1) is 28.8. The number of aliphatic carboxylic acids is 1. The van der Waals surface area contributed by atoms with Gasteiger partial charge in [0.1, 0.15) is 6.10 Å². The van der Waals surface area contributed by atoms with Gasteiger partial charge in [0.2, 0.25) is 0 Å². The van der Waals surface area contributed by atoms with E-state index in [1.165, 1.54) is 0 Å². The van der Waals surface area contributed by atoms with Gasteiger partial charge in [0.15, 0.2) is 0 Å². The maximum atomic E-state index is 12.7. The van der Waals surface area contributed by atoms with Gasteiger partial charge in [-0.3, -0.25) is 9.59 Å². The molecule has 212 valence electrons. The molecule has 0 aromatic heterocycles. The van der Waals surface area contributed by atoms with Crippen molar-refractivity contribution in [2.75, 3.05) is 19.6 Å².